The summed E-state index contributed by atoms with van der Waals surface area (Å²) in [6.07, 6.45) is 4.41. The second-order valence-corrected chi connectivity index (χ2v) is 8.13. The van der Waals surface area contributed by atoms with Crippen LogP contribution in [-0.4, -0.2) is 48.4 Å². The maximum atomic E-state index is 14.1. The lowest BCUT2D eigenvalue weighted by molar-refractivity contribution is -0.153. The zero-order valence-electron chi connectivity index (χ0n) is 16.3. The smallest absolute Gasteiger partial charge is 0.328 e. The summed E-state index contributed by atoms with van der Waals surface area (Å²) in [6.45, 7) is 0.0159. The van der Waals surface area contributed by atoms with Crippen molar-refractivity contribution in [3.63, 3.8) is 0 Å². The molecule has 0 N–H and O–H groups in total. The summed E-state index contributed by atoms with van der Waals surface area (Å²) in [5, 5.41) is 0. The normalized spacial score (nSPS) is 29.1. The topological polar surface area (TPSA) is 66.9 Å². The van der Waals surface area contributed by atoms with Gasteiger partial charge in [0.2, 0.25) is 11.8 Å². The van der Waals surface area contributed by atoms with E-state index in [0.717, 1.165) is 37.8 Å². The summed E-state index contributed by atoms with van der Waals surface area (Å²) in [4.78, 5) is 41.0. The first-order valence-electron chi connectivity index (χ1n) is 10.1. The first-order chi connectivity index (χ1) is 13.9. The molecule has 2 heterocycles. The number of likely N-dealkylation sites (tertiary alicyclic amines) is 1. The number of hydrogen-bond acceptors (Lipinski definition) is 4. The van der Waals surface area contributed by atoms with Crippen LogP contribution < -0.4 is 4.90 Å². The number of nitrogens with zero attached hydrogens (tertiary/aromatic N) is 2. The number of ether oxygens (including phenoxy) is 1. The lowest BCUT2D eigenvalue weighted by Crippen LogP contribution is -2.49. The molecule has 4 atom stereocenters. The van der Waals surface area contributed by atoms with Crippen molar-refractivity contribution in [2.24, 2.45) is 11.8 Å². The van der Waals surface area contributed by atoms with Gasteiger partial charge in [0.15, 0.2) is 0 Å². The molecule has 1 aromatic carbocycles. The van der Waals surface area contributed by atoms with Gasteiger partial charge in [-0.2, -0.15) is 0 Å². The zero-order chi connectivity index (χ0) is 20.7. The number of carbonyl (C=O) groups excluding carboxylic acids is 3. The summed E-state index contributed by atoms with van der Waals surface area (Å²) in [6, 6.07) is 2.36. The van der Waals surface area contributed by atoms with Gasteiger partial charge in [-0.15, -0.1) is 0 Å². The Kier molecular flexibility index (Phi) is 5.27. The Labute approximate surface area is 167 Å². The number of rotatable bonds is 3. The van der Waals surface area contributed by atoms with Gasteiger partial charge in [-0.25, -0.2) is 13.6 Å². The number of fused-ring (bicyclic) bond motifs is 1. The Morgan fingerprint density at radius 2 is 1.93 bits per heavy atom. The lowest BCUT2D eigenvalue weighted by atomic mass is 9.84. The van der Waals surface area contributed by atoms with Crippen molar-refractivity contribution >= 4 is 23.5 Å². The van der Waals surface area contributed by atoms with E-state index >= 15 is 0 Å². The SMILES string of the molecule is COC(=O)C1CC2CCCCC2N1C(=O)C1CC(=O)N(c2ccc(F)cc2F)C1. The average Bonchev–Trinajstić information content (AvgIpc) is 3.28. The molecule has 0 bridgehead atoms. The molecule has 29 heavy (non-hydrogen) atoms. The van der Waals surface area contributed by atoms with E-state index in [1.165, 1.54) is 18.1 Å². The molecule has 4 unspecified atom stereocenters. The van der Waals surface area contributed by atoms with E-state index in [1.807, 2.05) is 0 Å². The molecular formula is C21H24F2N2O4. The first-order valence-corrected chi connectivity index (χ1v) is 10.1. The van der Waals surface area contributed by atoms with Gasteiger partial charge < -0.3 is 14.5 Å². The molecule has 2 amide bonds. The lowest BCUT2D eigenvalue weighted by Gasteiger charge is -2.34. The van der Waals surface area contributed by atoms with Crippen molar-refractivity contribution in [1.29, 1.82) is 0 Å². The van der Waals surface area contributed by atoms with Gasteiger partial charge >= 0.3 is 5.97 Å². The highest BCUT2D eigenvalue weighted by Crippen LogP contribution is 2.42. The fourth-order valence-corrected chi connectivity index (χ4v) is 5.14. The summed E-state index contributed by atoms with van der Waals surface area (Å²) < 4.78 is 32.3. The number of benzene rings is 1. The Morgan fingerprint density at radius 3 is 2.66 bits per heavy atom. The number of halogens is 2. The second kappa shape index (κ2) is 7.72. The van der Waals surface area contributed by atoms with Gasteiger partial charge in [-0.05, 0) is 37.3 Å². The predicted octanol–water partition coefficient (Wildman–Crippen LogP) is 2.65. The largest absolute Gasteiger partial charge is 0.467 e. The number of amides is 2. The van der Waals surface area contributed by atoms with Crippen LogP contribution in [0.5, 0.6) is 0 Å². The molecule has 1 aromatic rings. The average molecular weight is 406 g/mol. The van der Waals surface area contributed by atoms with Gasteiger partial charge in [-0.1, -0.05) is 12.8 Å². The van der Waals surface area contributed by atoms with E-state index < -0.39 is 29.6 Å². The van der Waals surface area contributed by atoms with Gasteiger partial charge in [-0.3, -0.25) is 9.59 Å². The van der Waals surface area contributed by atoms with E-state index in [9.17, 15) is 23.2 Å². The maximum absolute atomic E-state index is 14.1. The minimum Gasteiger partial charge on any atom is -0.467 e. The fraction of sp³-hybridized carbons (Fsp3) is 0.571. The van der Waals surface area contributed by atoms with E-state index in [-0.39, 0.29) is 42.4 Å². The third-order valence-corrected chi connectivity index (χ3v) is 6.49. The predicted molar refractivity (Wildman–Crippen MR) is 99.8 cm³/mol. The van der Waals surface area contributed by atoms with Crippen LogP contribution in [0.25, 0.3) is 0 Å². The highest BCUT2D eigenvalue weighted by molar-refractivity contribution is 6.01. The van der Waals surface area contributed by atoms with E-state index in [4.69, 9.17) is 4.74 Å². The number of esters is 1. The summed E-state index contributed by atoms with van der Waals surface area (Å²) >= 11 is 0. The van der Waals surface area contributed by atoms with Crippen LogP contribution in [0.2, 0.25) is 0 Å². The molecule has 156 valence electrons. The van der Waals surface area contributed by atoms with Crippen molar-refractivity contribution < 1.29 is 27.9 Å². The molecule has 3 aliphatic rings. The molecule has 6 nitrogen and oxygen atoms in total. The molecule has 1 aliphatic carbocycles. The molecular weight excluding hydrogens is 382 g/mol. The third kappa shape index (κ3) is 3.49. The molecule has 1 saturated carbocycles. The Balaban J connectivity index is 1.56. The molecule has 3 fully saturated rings. The Hall–Kier alpha value is -2.51. The van der Waals surface area contributed by atoms with Crippen LogP contribution in [0.15, 0.2) is 18.2 Å². The van der Waals surface area contributed by atoms with Crippen molar-refractivity contribution in [2.45, 2.75) is 50.6 Å². The van der Waals surface area contributed by atoms with E-state index in [0.29, 0.717) is 6.42 Å². The van der Waals surface area contributed by atoms with Crippen molar-refractivity contribution in [3.8, 4) is 0 Å². The fourth-order valence-electron chi connectivity index (χ4n) is 5.14. The Morgan fingerprint density at radius 1 is 1.17 bits per heavy atom. The van der Waals surface area contributed by atoms with Gasteiger partial charge in [0.05, 0.1) is 18.7 Å². The molecule has 0 aromatic heterocycles. The van der Waals surface area contributed by atoms with Gasteiger partial charge in [0.25, 0.3) is 0 Å². The minimum atomic E-state index is -0.840. The van der Waals surface area contributed by atoms with Gasteiger partial charge in [0, 0.05) is 25.1 Å². The van der Waals surface area contributed by atoms with Crippen LogP contribution in [0, 0.1) is 23.5 Å². The maximum Gasteiger partial charge on any atom is 0.328 e. The number of hydrogen-bond donors (Lipinski definition) is 0. The van der Waals surface area contributed by atoms with Gasteiger partial charge in [0.1, 0.15) is 17.7 Å². The molecule has 2 saturated heterocycles. The summed E-state index contributed by atoms with van der Waals surface area (Å²) in [7, 11) is 1.31. The van der Waals surface area contributed by atoms with E-state index in [2.05, 4.69) is 0 Å². The monoisotopic (exact) mass is 406 g/mol. The highest BCUT2D eigenvalue weighted by atomic mass is 19.1. The standard InChI is InChI=1S/C21H24F2N2O4/c1-29-21(28)18-8-12-4-2-3-5-16(12)25(18)20(27)13-9-19(26)24(11-13)17-7-6-14(22)10-15(17)23/h6-7,10,12-13,16,18H,2-5,8-9,11H2,1H3. The summed E-state index contributed by atoms with van der Waals surface area (Å²) in [5.41, 5.74) is -0.0341. The van der Waals surface area contributed by atoms with E-state index in [1.54, 1.807) is 4.90 Å². The van der Waals surface area contributed by atoms with Crippen molar-refractivity contribution in [3.05, 3.63) is 29.8 Å². The number of carbonyl (C=O) groups is 3. The quantitative estimate of drug-likeness (QED) is 0.724. The summed E-state index contributed by atoms with van der Waals surface area (Å²) in [5.74, 6) is -3.05. The first kappa shape index (κ1) is 19.8. The molecule has 0 radical (unpaired) electrons. The number of anilines is 1. The van der Waals surface area contributed by atoms with Crippen LogP contribution in [0.1, 0.15) is 38.5 Å². The second-order valence-electron chi connectivity index (χ2n) is 8.13. The van der Waals surface area contributed by atoms with Crippen LogP contribution in [0.3, 0.4) is 0 Å². The zero-order valence-corrected chi connectivity index (χ0v) is 16.3. The molecule has 2 aliphatic heterocycles. The molecule has 4 rings (SSSR count). The van der Waals surface area contributed by atoms with Crippen molar-refractivity contribution in [1.82, 2.24) is 4.90 Å². The van der Waals surface area contributed by atoms with Crippen LogP contribution in [0.4, 0.5) is 14.5 Å². The molecule has 8 heteroatoms. The number of methoxy groups -OCH3 is 1. The third-order valence-electron chi connectivity index (χ3n) is 6.49. The Bertz CT molecular complexity index is 846. The van der Waals surface area contributed by atoms with Crippen molar-refractivity contribution in [2.75, 3.05) is 18.6 Å². The van der Waals surface area contributed by atoms with Crippen LogP contribution >= 0.6 is 0 Å². The highest BCUT2D eigenvalue weighted by Gasteiger charge is 2.50. The minimum absolute atomic E-state index is 0.0159. The molecule has 0 spiro atoms. The van der Waals surface area contributed by atoms with Crippen LogP contribution in [-0.2, 0) is 19.1 Å².